The highest BCUT2D eigenvalue weighted by Gasteiger charge is 2.43. The summed E-state index contributed by atoms with van der Waals surface area (Å²) in [6, 6.07) is 4.54. The largest absolute Gasteiger partial charge is 0.385 e. The van der Waals surface area contributed by atoms with Gasteiger partial charge in [-0.3, -0.25) is 0 Å². The van der Waals surface area contributed by atoms with Crippen molar-refractivity contribution in [2.24, 2.45) is 5.73 Å². The molecule has 1 aliphatic rings. The maximum atomic E-state index is 13.0. The average molecular weight is 195 g/mol. The minimum absolute atomic E-state index is 0.0441. The Morgan fingerprint density at radius 1 is 1.50 bits per heavy atom. The van der Waals surface area contributed by atoms with Gasteiger partial charge in [-0.1, -0.05) is 6.07 Å². The molecular weight excluding hydrogens is 181 g/mol. The summed E-state index contributed by atoms with van der Waals surface area (Å²) >= 11 is 0. The lowest BCUT2D eigenvalue weighted by Crippen LogP contribution is -2.49. The Morgan fingerprint density at radius 3 is 2.71 bits per heavy atom. The van der Waals surface area contributed by atoms with Crippen LogP contribution in [0.2, 0.25) is 0 Å². The van der Waals surface area contributed by atoms with E-state index in [2.05, 4.69) is 0 Å². The number of benzene rings is 1. The summed E-state index contributed by atoms with van der Waals surface area (Å²) in [6.07, 6.45) is 1.05. The molecule has 0 atom stereocenters. The lowest BCUT2D eigenvalue weighted by molar-refractivity contribution is -0.0529. The van der Waals surface area contributed by atoms with Crippen molar-refractivity contribution >= 4 is 0 Å². The molecule has 3 N–H and O–H groups in total. The van der Waals surface area contributed by atoms with E-state index in [9.17, 15) is 9.50 Å². The number of rotatable bonds is 1. The average Bonchev–Trinajstić information content (AvgIpc) is 2.07. The molecule has 2 rings (SSSR count). The number of nitrogens with two attached hydrogens (primary N) is 1. The topological polar surface area (TPSA) is 46.2 Å². The fourth-order valence-electron chi connectivity index (χ4n) is 2.12. The first kappa shape index (κ1) is 9.62. The Morgan fingerprint density at radius 2 is 2.14 bits per heavy atom. The van der Waals surface area contributed by atoms with Gasteiger partial charge in [0, 0.05) is 6.04 Å². The second kappa shape index (κ2) is 3.04. The molecule has 3 heteroatoms. The van der Waals surface area contributed by atoms with Crippen LogP contribution in [0.25, 0.3) is 0 Å². The Kier molecular flexibility index (Phi) is 2.09. The van der Waals surface area contributed by atoms with E-state index in [4.69, 9.17) is 5.73 Å². The molecule has 76 valence electrons. The molecular formula is C11H14FNO. The quantitative estimate of drug-likeness (QED) is 0.712. The summed E-state index contributed by atoms with van der Waals surface area (Å²) in [5.74, 6) is -0.306. The number of hydrogen-bond donors (Lipinski definition) is 2. The summed E-state index contributed by atoms with van der Waals surface area (Å²) in [5.41, 5.74) is 6.33. The maximum absolute atomic E-state index is 13.0. The Hall–Kier alpha value is -0.930. The molecule has 0 aromatic heterocycles. The van der Waals surface area contributed by atoms with E-state index in [-0.39, 0.29) is 11.9 Å². The van der Waals surface area contributed by atoms with Crippen LogP contribution >= 0.6 is 0 Å². The fraction of sp³-hybridized carbons (Fsp3) is 0.455. The monoisotopic (exact) mass is 195 g/mol. The van der Waals surface area contributed by atoms with Gasteiger partial charge in [-0.15, -0.1) is 0 Å². The van der Waals surface area contributed by atoms with Crippen LogP contribution in [0.5, 0.6) is 0 Å². The summed E-state index contributed by atoms with van der Waals surface area (Å²) in [6.45, 7) is 1.87. The van der Waals surface area contributed by atoms with E-state index in [1.54, 1.807) is 6.07 Å². The molecule has 1 aliphatic carbocycles. The Bertz CT molecular complexity index is 358. The molecule has 0 aliphatic heterocycles. The highest BCUT2D eigenvalue weighted by molar-refractivity contribution is 5.34. The Balaban J connectivity index is 2.36. The van der Waals surface area contributed by atoms with E-state index in [0.29, 0.717) is 18.4 Å². The molecule has 0 bridgehead atoms. The van der Waals surface area contributed by atoms with E-state index in [1.165, 1.54) is 12.1 Å². The molecule has 0 radical (unpaired) electrons. The minimum Gasteiger partial charge on any atom is -0.385 e. The normalized spacial score (nSPS) is 31.3. The van der Waals surface area contributed by atoms with Gasteiger partial charge in [-0.05, 0) is 43.0 Å². The maximum Gasteiger partial charge on any atom is 0.123 e. The van der Waals surface area contributed by atoms with Crippen LogP contribution in [-0.2, 0) is 5.60 Å². The lowest BCUT2D eigenvalue weighted by Gasteiger charge is -2.42. The van der Waals surface area contributed by atoms with Crippen molar-refractivity contribution in [1.82, 2.24) is 0 Å². The summed E-state index contributed by atoms with van der Waals surface area (Å²) in [5, 5.41) is 10.1. The molecule has 1 aromatic rings. The van der Waals surface area contributed by atoms with Gasteiger partial charge in [0.2, 0.25) is 0 Å². The summed E-state index contributed by atoms with van der Waals surface area (Å²) in [4.78, 5) is 0. The van der Waals surface area contributed by atoms with E-state index in [0.717, 1.165) is 5.56 Å². The third kappa shape index (κ3) is 1.42. The number of aryl methyl sites for hydroxylation is 1. The van der Waals surface area contributed by atoms with Gasteiger partial charge in [0.05, 0.1) is 5.60 Å². The van der Waals surface area contributed by atoms with Crippen LogP contribution in [-0.4, -0.2) is 11.1 Å². The van der Waals surface area contributed by atoms with Gasteiger partial charge in [0.15, 0.2) is 0 Å². The van der Waals surface area contributed by atoms with Crippen LogP contribution in [0.3, 0.4) is 0 Å². The second-order valence-corrected chi connectivity index (χ2v) is 4.16. The third-order valence-corrected chi connectivity index (χ3v) is 2.90. The van der Waals surface area contributed by atoms with Crippen molar-refractivity contribution in [2.75, 3.05) is 0 Å². The lowest BCUT2D eigenvalue weighted by atomic mass is 9.70. The van der Waals surface area contributed by atoms with Crippen LogP contribution in [0.4, 0.5) is 4.39 Å². The molecule has 0 heterocycles. The molecule has 1 saturated carbocycles. The fourth-order valence-corrected chi connectivity index (χ4v) is 2.12. The standard InChI is InChI=1S/C11H14FNO/c1-7-2-3-8(12)4-10(7)11(14)5-9(13)6-11/h2-4,9,14H,5-6,13H2,1H3. The predicted octanol–water partition coefficient (Wildman–Crippen LogP) is 1.44. The first-order valence-electron chi connectivity index (χ1n) is 4.76. The number of hydrogen-bond acceptors (Lipinski definition) is 2. The molecule has 0 saturated heterocycles. The number of halogens is 1. The molecule has 14 heavy (non-hydrogen) atoms. The Labute approximate surface area is 82.5 Å². The van der Waals surface area contributed by atoms with Crippen molar-refractivity contribution in [1.29, 1.82) is 0 Å². The van der Waals surface area contributed by atoms with Gasteiger partial charge in [0.25, 0.3) is 0 Å². The van der Waals surface area contributed by atoms with Gasteiger partial charge in [0.1, 0.15) is 5.82 Å². The first-order chi connectivity index (χ1) is 6.51. The van der Waals surface area contributed by atoms with Gasteiger partial charge in [-0.2, -0.15) is 0 Å². The molecule has 1 aromatic carbocycles. The molecule has 1 fully saturated rings. The zero-order valence-electron chi connectivity index (χ0n) is 8.13. The number of aliphatic hydroxyl groups is 1. The smallest absolute Gasteiger partial charge is 0.123 e. The first-order valence-corrected chi connectivity index (χ1v) is 4.76. The molecule has 0 unspecified atom stereocenters. The van der Waals surface area contributed by atoms with Crippen molar-refractivity contribution in [2.45, 2.75) is 31.4 Å². The summed E-state index contributed by atoms with van der Waals surface area (Å²) in [7, 11) is 0. The SMILES string of the molecule is Cc1ccc(F)cc1C1(O)CC(N)C1. The van der Waals surface area contributed by atoms with Crippen LogP contribution in [0, 0.1) is 12.7 Å². The van der Waals surface area contributed by atoms with Crippen LogP contribution in [0.1, 0.15) is 24.0 Å². The molecule has 0 amide bonds. The van der Waals surface area contributed by atoms with Gasteiger partial charge >= 0.3 is 0 Å². The molecule has 2 nitrogen and oxygen atoms in total. The minimum atomic E-state index is -0.897. The van der Waals surface area contributed by atoms with Crippen LogP contribution < -0.4 is 5.73 Å². The molecule has 0 spiro atoms. The van der Waals surface area contributed by atoms with E-state index in [1.807, 2.05) is 6.92 Å². The predicted molar refractivity (Wildman–Crippen MR) is 52.2 cm³/mol. The zero-order valence-corrected chi connectivity index (χ0v) is 8.13. The highest BCUT2D eigenvalue weighted by Crippen LogP contribution is 2.41. The van der Waals surface area contributed by atoms with E-state index < -0.39 is 5.60 Å². The zero-order chi connectivity index (χ0) is 10.3. The van der Waals surface area contributed by atoms with Crippen molar-refractivity contribution in [3.05, 3.63) is 35.1 Å². The van der Waals surface area contributed by atoms with Crippen molar-refractivity contribution < 1.29 is 9.50 Å². The highest BCUT2D eigenvalue weighted by atomic mass is 19.1. The van der Waals surface area contributed by atoms with Crippen molar-refractivity contribution in [3.8, 4) is 0 Å². The third-order valence-electron chi connectivity index (χ3n) is 2.90. The van der Waals surface area contributed by atoms with Gasteiger partial charge < -0.3 is 10.8 Å². The second-order valence-electron chi connectivity index (χ2n) is 4.16. The summed E-state index contributed by atoms with van der Waals surface area (Å²) < 4.78 is 13.0. The van der Waals surface area contributed by atoms with E-state index >= 15 is 0 Å². The van der Waals surface area contributed by atoms with Gasteiger partial charge in [-0.25, -0.2) is 4.39 Å². The van der Waals surface area contributed by atoms with Crippen molar-refractivity contribution in [3.63, 3.8) is 0 Å². The van der Waals surface area contributed by atoms with Crippen LogP contribution in [0.15, 0.2) is 18.2 Å².